The summed E-state index contributed by atoms with van der Waals surface area (Å²) in [6.45, 7) is 14.2. The van der Waals surface area contributed by atoms with Crippen molar-refractivity contribution in [3.05, 3.63) is 62.7 Å². The largest absolute Gasteiger partial charge is 0.381 e. The molecule has 0 unspecified atom stereocenters. The van der Waals surface area contributed by atoms with E-state index in [-0.39, 0.29) is 17.2 Å². The predicted molar refractivity (Wildman–Crippen MR) is 121 cm³/mol. The fraction of sp³-hybridized carbons (Fsp3) is 0.417. The lowest BCUT2D eigenvalue weighted by molar-refractivity contribution is 0.0910. The predicted octanol–water partition coefficient (Wildman–Crippen LogP) is 6.00. The van der Waals surface area contributed by atoms with E-state index >= 15 is 0 Å². The molecule has 0 aliphatic heterocycles. The van der Waals surface area contributed by atoms with Gasteiger partial charge in [-0.25, -0.2) is 0 Å². The van der Waals surface area contributed by atoms with Crippen LogP contribution in [-0.2, 0) is 6.54 Å². The molecule has 0 bridgehead atoms. The van der Waals surface area contributed by atoms with E-state index in [1.54, 1.807) is 19.1 Å². The normalized spacial score (nSPS) is 11.3. The molecule has 5 heteroatoms. The monoisotopic (exact) mass is 414 g/mol. The van der Waals surface area contributed by atoms with Crippen LogP contribution in [0.25, 0.3) is 0 Å². The summed E-state index contributed by atoms with van der Waals surface area (Å²) >= 11 is 6.38. The number of Topliss-reactive ketones (excluding diaryl/α,β-unsaturated/α-hetero) is 1. The van der Waals surface area contributed by atoms with Gasteiger partial charge in [-0.3, -0.25) is 9.59 Å². The molecule has 1 amide bonds. The third-order valence-corrected chi connectivity index (χ3v) is 5.81. The first-order valence-electron chi connectivity index (χ1n) is 9.93. The van der Waals surface area contributed by atoms with Crippen molar-refractivity contribution in [1.29, 1.82) is 0 Å². The van der Waals surface area contributed by atoms with Crippen LogP contribution in [0.2, 0.25) is 5.02 Å². The molecule has 0 saturated heterocycles. The number of aryl methyl sites for hydroxylation is 2. The number of nitrogens with one attached hydrogen (secondary N) is 2. The van der Waals surface area contributed by atoms with Crippen molar-refractivity contribution in [2.24, 2.45) is 0 Å². The number of ketones is 1. The molecule has 0 spiro atoms. The Bertz CT molecular complexity index is 948. The Labute approximate surface area is 179 Å². The van der Waals surface area contributed by atoms with Gasteiger partial charge in [0.15, 0.2) is 5.78 Å². The fourth-order valence-electron chi connectivity index (χ4n) is 3.50. The lowest BCUT2D eigenvalue weighted by atomic mass is 9.91. The quantitative estimate of drug-likeness (QED) is 0.546. The topological polar surface area (TPSA) is 58.2 Å². The van der Waals surface area contributed by atoms with Crippen molar-refractivity contribution in [3.63, 3.8) is 0 Å². The molecule has 4 nitrogen and oxygen atoms in total. The van der Waals surface area contributed by atoms with E-state index in [1.807, 2.05) is 40.7 Å². The second-order valence-corrected chi connectivity index (χ2v) is 8.69. The van der Waals surface area contributed by atoms with Gasteiger partial charge in [0.2, 0.25) is 0 Å². The van der Waals surface area contributed by atoms with Crippen molar-refractivity contribution in [3.8, 4) is 0 Å². The van der Waals surface area contributed by atoms with Crippen molar-refractivity contribution in [2.75, 3.05) is 5.32 Å². The minimum atomic E-state index is -0.285. The Kier molecular flexibility index (Phi) is 7.12. The van der Waals surface area contributed by atoms with Gasteiger partial charge in [0.1, 0.15) is 0 Å². The summed E-state index contributed by atoms with van der Waals surface area (Å²) in [5.74, 6) is -0.0978. The molecule has 0 atom stereocenters. The Balaban J connectivity index is 2.21. The maximum absolute atomic E-state index is 12.5. The van der Waals surface area contributed by atoms with Gasteiger partial charge in [0, 0.05) is 23.3 Å². The minimum absolute atomic E-state index is 0.0784. The highest BCUT2D eigenvalue weighted by molar-refractivity contribution is 6.34. The number of hydrogen-bond acceptors (Lipinski definition) is 3. The first kappa shape index (κ1) is 23.0. The fourth-order valence-corrected chi connectivity index (χ4v) is 3.77. The van der Waals surface area contributed by atoms with Gasteiger partial charge in [-0.05, 0) is 88.4 Å². The number of hydrogen-bond donors (Lipinski definition) is 2. The number of amides is 1. The van der Waals surface area contributed by atoms with Crippen molar-refractivity contribution < 1.29 is 9.59 Å². The maximum Gasteiger partial charge on any atom is 0.253 e. The highest BCUT2D eigenvalue weighted by atomic mass is 35.5. The first-order valence-corrected chi connectivity index (χ1v) is 10.3. The van der Waals surface area contributed by atoms with E-state index in [4.69, 9.17) is 11.6 Å². The van der Waals surface area contributed by atoms with E-state index < -0.39 is 0 Å². The average Bonchev–Trinajstić information content (AvgIpc) is 2.60. The highest BCUT2D eigenvalue weighted by Crippen LogP contribution is 2.26. The Morgan fingerprint density at radius 1 is 1.07 bits per heavy atom. The van der Waals surface area contributed by atoms with Crippen LogP contribution >= 0.6 is 11.6 Å². The smallest absolute Gasteiger partial charge is 0.253 e. The van der Waals surface area contributed by atoms with Gasteiger partial charge in [0.05, 0.1) is 10.6 Å². The molecule has 2 N–H and O–H groups in total. The molecule has 0 aromatic heterocycles. The van der Waals surface area contributed by atoms with E-state index in [0.29, 0.717) is 17.1 Å². The van der Waals surface area contributed by atoms with Gasteiger partial charge in [0.25, 0.3) is 5.91 Å². The van der Waals surface area contributed by atoms with Gasteiger partial charge in [-0.1, -0.05) is 24.6 Å². The van der Waals surface area contributed by atoms with Crippen LogP contribution in [0.1, 0.15) is 77.1 Å². The summed E-state index contributed by atoms with van der Waals surface area (Å²) in [6, 6.07) is 7.41. The van der Waals surface area contributed by atoms with E-state index in [1.165, 1.54) is 0 Å². The standard InChI is InChI=1S/C24H31ClN2O2/c1-8-24(6,7)27-23(29)19-10-9-18(12-21(19)25)26-13-20-14(2)11-15(3)22(16(20)4)17(5)28/h9-12,26H,8,13H2,1-7H3,(H,27,29). The Morgan fingerprint density at radius 2 is 1.72 bits per heavy atom. The Morgan fingerprint density at radius 3 is 2.28 bits per heavy atom. The molecule has 2 aromatic carbocycles. The van der Waals surface area contributed by atoms with Crippen LogP contribution in [0.15, 0.2) is 24.3 Å². The third-order valence-electron chi connectivity index (χ3n) is 5.50. The number of anilines is 1. The van der Waals surface area contributed by atoms with E-state index in [2.05, 4.69) is 23.6 Å². The number of halogens is 1. The number of rotatable bonds is 7. The summed E-state index contributed by atoms with van der Waals surface area (Å²) in [6.07, 6.45) is 0.827. The van der Waals surface area contributed by atoms with E-state index in [0.717, 1.165) is 39.9 Å². The lowest BCUT2D eigenvalue weighted by Crippen LogP contribution is -2.42. The van der Waals surface area contributed by atoms with E-state index in [9.17, 15) is 9.59 Å². The zero-order valence-corrected chi connectivity index (χ0v) is 19.2. The minimum Gasteiger partial charge on any atom is -0.381 e. The molecule has 2 aromatic rings. The summed E-state index contributed by atoms with van der Waals surface area (Å²) in [5.41, 5.74) is 6.04. The summed E-state index contributed by atoms with van der Waals surface area (Å²) in [5, 5.41) is 6.77. The molecular formula is C24H31ClN2O2. The van der Waals surface area contributed by atoms with Crippen LogP contribution < -0.4 is 10.6 Å². The average molecular weight is 415 g/mol. The molecule has 0 aliphatic carbocycles. The molecule has 0 aliphatic rings. The van der Waals surface area contributed by atoms with Crippen molar-refractivity contribution in [1.82, 2.24) is 5.32 Å². The zero-order valence-electron chi connectivity index (χ0n) is 18.4. The molecule has 156 valence electrons. The molecule has 0 heterocycles. The van der Waals surface area contributed by atoms with Crippen LogP contribution in [0, 0.1) is 20.8 Å². The van der Waals surface area contributed by atoms with Crippen molar-refractivity contribution in [2.45, 2.75) is 67.0 Å². The zero-order chi connectivity index (χ0) is 21.9. The van der Waals surface area contributed by atoms with Crippen molar-refractivity contribution >= 4 is 29.0 Å². The third kappa shape index (κ3) is 5.39. The molecule has 0 fully saturated rings. The SMILES string of the molecule is CCC(C)(C)NC(=O)c1ccc(NCc2c(C)cc(C)c(C(C)=O)c2C)cc1Cl. The molecular weight excluding hydrogens is 384 g/mol. The van der Waals surface area contributed by atoms with Crippen LogP contribution in [0.5, 0.6) is 0 Å². The van der Waals surface area contributed by atoms with Gasteiger partial charge >= 0.3 is 0 Å². The molecule has 0 saturated carbocycles. The highest BCUT2D eigenvalue weighted by Gasteiger charge is 2.20. The van der Waals surface area contributed by atoms with Gasteiger partial charge in [-0.15, -0.1) is 0 Å². The van der Waals surface area contributed by atoms with Crippen LogP contribution in [0.3, 0.4) is 0 Å². The number of carbonyl (C=O) groups is 2. The molecule has 2 rings (SSSR count). The van der Waals surface area contributed by atoms with Crippen LogP contribution in [0.4, 0.5) is 5.69 Å². The summed E-state index contributed by atoms with van der Waals surface area (Å²) in [7, 11) is 0. The Hall–Kier alpha value is -2.33. The van der Waals surface area contributed by atoms with Gasteiger partial charge in [-0.2, -0.15) is 0 Å². The molecule has 29 heavy (non-hydrogen) atoms. The number of carbonyl (C=O) groups excluding carboxylic acids is 2. The first-order chi connectivity index (χ1) is 13.5. The summed E-state index contributed by atoms with van der Waals surface area (Å²) < 4.78 is 0. The summed E-state index contributed by atoms with van der Waals surface area (Å²) in [4.78, 5) is 24.5. The van der Waals surface area contributed by atoms with Gasteiger partial charge < -0.3 is 10.6 Å². The second kappa shape index (κ2) is 9.00. The van der Waals surface area contributed by atoms with Crippen LogP contribution in [-0.4, -0.2) is 17.2 Å². The molecule has 0 radical (unpaired) electrons. The number of benzene rings is 2. The maximum atomic E-state index is 12.5. The lowest BCUT2D eigenvalue weighted by Gasteiger charge is -2.24. The second-order valence-electron chi connectivity index (χ2n) is 8.28.